The molecule has 18 heavy (non-hydrogen) atoms. The van der Waals surface area contributed by atoms with E-state index in [1.165, 1.54) is 11.9 Å². The predicted molar refractivity (Wildman–Crippen MR) is 71.8 cm³/mol. The highest BCUT2D eigenvalue weighted by atomic mass is 16.2. The van der Waals surface area contributed by atoms with Gasteiger partial charge in [-0.2, -0.15) is 0 Å². The molecule has 1 aromatic carbocycles. The molecule has 1 N–H and O–H groups in total. The van der Waals surface area contributed by atoms with Gasteiger partial charge in [-0.3, -0.25) is 0 Å². The molecule has 0 aliphatic rings. The summed E-state index contributed by atoms with van der Waals surface area (Å²) >= 11 is 0. The smallest absolute Gasteiger partial charge is 0.329 e. The van der Waals surface area contributed by atoms with Crippen LogP contribution in [0.25, 0.3) is 0 Å². The number of nitrogens with one attached hydrogen (secondary N) is 1. The molecule has 0 radical (unpaired) electrons. The summed E-state index contributed by atoms with van der Waals surface area (Å²) in [6, 6.07) is 4.95. The van der Waals surface area contributed by atoms with Crippen molar-refractivity contribution in [2.75, 3.05) is 26.5 Å². The predicted octanol–water partition coefficient (Wildman–Crippen LogP) is 2.45. The number of aryl methyl sites for hydroxylation is 2. The number of urea groups is 2. The van der Waals surface area contributed by atoms with Crippen molar-refractivity contribution in [3.8, 4) is 0 Å². The Bertz CT molecular complexity index is 449. The molecule has 0 fully saturated rings. The molecule has 1 rings (SSSR count). The number of anilines is 1. The zero-order valence-electron chi connectivity index (χ0n) is 11.4. The Balaban J connectivity index is 2.85. The Kier molecular flexibility index (Phi) is 4.31. The number of benzene rings is 1. The summed E-state index contributed by atoms with van der Waals surface area (Å²) in [4.78, 5) is 26.0. The molecule has 4 amide bonds. The molecule has 98 valence electrons. The monoisotopic (exact) mass is 249 g/mol. The fourth-order valence-electron chi connectivity index (χ4n) is 1.59. The first kappa shape index (κ1) is 14.0. The van der Waals surface area contributed by atoms with Crippen LogP contribution in [-0.2, 0) is 0 Å². The minimum atomic E-state index is -0.439. The second kappa shape index (κ2) is 5.53. The van der Waals surface area contributed by atoms with Gasteiger partial charge in [-0.05, 0) is 25.0 Å². The lowest BCUT2D eigenvalue weighted by Gasteiger charge is -2.21. The lowest BCUT2D eigenvalue weighted by Crippen LogP contribution is -2.42. The van der Waals surface area contributed by atoms with Gasteiger partial charge in [0.2, 0.25) is 0 Å². The highest BCUT2D eigenvalue weighted by Crippen LogP contribution is 2.19. The van der Waals surface area contributed by atoms with E-state index in [2.05, 4.69) is 5.32 Å². The summed E-state index contributed by atoms with van der Waals surface area (Å²) in [7, 11) is 4.65. The van der Waals surface area contributed by atoms with Gasteiger partial charge in [-0.15, -0.1) is 0 Å². The average Bonchev–Trinajstić information content (AvgIpc) is 2.31. The Hall–Kier alpha value is -2.04. The first-order valence-electron chi connectivity index (χ1n) is 5.66. The highest BCUT2D eigenvalue weighted by Gasteiger charge is 2.19. The lowest BCUT2D eigenvalue weighted by atomic mass is 10.1. The van der Waals surface area contributed by atoms with Crippen LogP contribution in [0.1, 0.15) is 11.1 Å². The fraction of sp³-hybridized carbons (Fsp3) is 0.385. The number of nitrogens with zero attached hydrogens (tertiary/aromatic N) is 2. The van der Waals surface area contributed by atoms with Gasteiger partial charge in [0.05, 0.1) is 0 Å². The van der Waals surface area contributed by atoms with Crippen LogP contribution in [0.5, 0.6) is 0 Å². The minimum Gasteiger partial charge on any atom is -0.330 e. The second-order valence-electron chi connectivity index (χ2n) is 4.43. The Morgan fingerprint density at radius 3 is 2.00 bits per heavy atom. The van der Waals surface area contributed by atoms with E-state index in [1.807, 2.05) is 32.0 Å². The van der Waals surface area contributed by atoms with Gasteiger partial charge in [-0.25, -0.2) is 14.5 Å². The van der Waals surface area contributed by atoms with Gasteiger partial charge in [0.15, 0.2) is 0 Å². The molecule has 0 spiro atoms. The first-order chi connectivity index (χ1) is 8.34. The molecular formula is C13H19N3O2. The summed E-state index contributed by atoms with van der Waals surface area (Å²) in [5.41, 5.74) is 2.68. The zero-order valence-corrected chi connectivity index (χ0v) is 11.4. The van der Waals surface area contributed by atoms with Gasteiger partial charge >= 0.3 is 12.1 Å². The summed E-state index contributed by atoms with van der Waals surface area (Å²) < 4.78 is 0. The highest BCUT2D eigenvalue weighted by molar-refractivity contribution is 6.00. The number of amides is 4. The molecule has 0 bridgehead atoms. The molecule has 0 saturated heterocycles. The number of rotatable bonds is 1. The number of carbonyl (C=O) groups is 2. The first-order valence-corrected chi connectivity index (χ1v) is 5.66. The van der Waals surface area contributed by atoms with Gasteiger partial charge < -0.3 is 10.2 Å². The number of imide groups is 1. The zero-order chi connectivity index (χ0) is 13.9. The van der Waals surface area contributed by atoms with Crippen molar-refractivity contribution in [2.24, 2.45) is 0 Å². The maximum Gasteiger partial charge on any atom is 0.329 e. The molecule has 0 aromatic heterocycles. The third kappa shape index (κ3) is 3.00. The molecule has 5 heteroatoms. The van der Waals surface area contributed by atoms with E-state index in [-0.39, 0.29) is 6.03 Å². The molecule has 0 aliphatic heterocycles. The number of hydrogen-bond acceptors (Lipinski definition) is 2. The molecule has 0 saturated carbocycles. The normalized spacial score (nSPS) is 9.83. The second-order valence-corrected chi connectivity index (χ2v) is 4.43. The molecule has 0 heterocycles. The van der Waals surface area contributed by atoms with E-state index in [0.29, 0.717) is 0 Å². The average molecular weight is 249 g/mol. The number of carbonyl (C=O) groups excluding carboxylic acids is 2. The minimum absolute atomic E-state index is 0.362. The fourth-order valence-corrected chi connectivity index (χ4v) is 1.59. The molecular weight excluding hydrogens is 230 g/mol. The Morgan fingerprint density at radius 1 is 1.06 bits per heavy atom. The van der Waals surface area contributed by atoms with Crippen molar-refractivity contribution >= 4 is 17.7 Å². The molecule has 0 unspecified atom stereocenters. The summed E-state index contributed by atoms with van der Waals surface area (Å²) in [6.07, 6.45) is 0. The van der Waals surface area contributed by atoms with Gasteiger partial charge in [0.25, 0.3) is 0 Å². The molecule has 1 aromatic rings. The Morgan fingerprint density at radius 2 is 1.56 bits per heavy atom. The van der Waals surface area contributed by atoms with Crippen molar-refractivity contribution in [3.63, 3.8) is 0 Å². The number of para-hydroxylation sites is 1. The van der Waals surface area contributed by atoms with E-state index in [9.17, 15) is 9.59 Å². The van der Waals surface area contributed by atoms with Crippen molar-refractivity contribution in [1.29, 1.82) is 0 Å². The molecule has 0 aliphatic carbocycles. The van der Waals surface area contributed by atoms with Gasteiger partial charge in [0.1, 0.15) is 0 Å². The van der Waals surface area contributed by atoms with Gasteiger partial charge in [0, 0.05) is 26.8 Å². The van der Waals surface area contributed by atoms with Crippen LogP contribution in [0.15, 0.2) is 18.2 Å². The van der Waals surface area contributed by atoms with Crippen LogP contribution in [0, 0.1) is 13.8 Å². The van der Waals surface area contributed by atoms with E-state index in [1.54, 1.807) is 14.1 Å². The van der Waals surface area contributed by atoms with Crippen molar-refractivity contribution < 1.29 is 9.59 Å². The maximum absolute atomic E-state index is 11.9. The van der Waals surface area contributed by atoms with Crippen LogP contribution < -0.4 is 5.32 Å². The standard InChI is InChI=1S/C13H19N3O2/c1-9-7-6-8-10(2)11(9)14-12(17)16(5)13(18)15(3)4/h6-8H,1-5H3,(H,14,17). The SMILES string of the molecule is Cc1cccc(C)c1NC(=O)N(C)C(=O)N(C)C. The van der Waals surface area contributed by atoms with Gasteiger partial charge in [-0.1, -0.05) is 18.2 Å². The van der Waals surface area contributed by atoms with Crippen LogP contribution in [0.3, 0.4) is 0 Å². The molecule has 5 nitrogen and oxygen atoms in total. The number of hydrogen-bond donors (Lipinski definition) is 1. The summed E-state index contributed by atoms with van der Waals surface area (Å²) in [6.45, 7) is 3.83. The third-order valence-corrected chi connectivity index (χ3v) is 2.69. The van der Waals surface area contributed by atoms with E-state index in [4.69, 9.17) is 0 Å². The maximum atomic E-state index is 11.9. The Labute approximate surface area is 107 Å². The van der Waals surface area contributed by atoms with Crippen LogP contribution in [-0.4, -0.2) is 43.0 Å². The van der Waals surface area contributed by atoms with Crippen molar-refractivity contribution in [2.45, 2.75) is 13.8 Å². The topological polar surface area (TPSA) is 52.7 Å². The van der Waals surface area contributed by atoms with Crippen LogP contribution in [0.4, 0.5) is 15.3 Å². The quantitative estimate of drug-likeness (QED) is 0.831. The summed E-state index contributed by atoms with van der Waals surface area (Å²) in [5, 5.41) is 2.75. The van der Waals surface area contributed by atoms with Crippen LogP contribution >= 0.6 is 0 Å². The van der Waals surface area contributed by atoms with E-state index < -0.39 is 6.03 Å². The largest absolute Gasteiger partial charge is 0.330 e. The lowest BCUT2D eigenvalue weighted by molar-refractivity contribution is 0.182. The summed E-state index contributed by atoms with van der Waals surface area (Å²) in [5.74, 6) is 0. The van der Waals surface area contributed by atoms with E-state index in [0.717, 1.165) is 21.7 Å². The third-order valence-electron chi connectivity index (χ3n) is 2.69. The van der Waals surface area contributed by atoms with E-state index >= 15 is 0 Å². The van der Waals surface area contributed by atoms with Crippen LogP contribution in [0.2, 0.25) is 0 Å². The van der Waals surface area contributed by atoms with Crippen molar-refractivity contribution in [3.05, 3.63) is 29.3 Å². The van der Waals surface area contributed by atoms with Crippen molar-refractivity contribution in [1.82, 2.24) is 9.80 Å². The molecule has 0 atom stereocenters.